The Labute approximate surface area is 258 Å². The molecule has 3 heterocycles. The van der Waals surface area contributed by atoms with Gasteiger partial charge in [-0.3, -0.25) is 4.98 Å². The van der Waals surface area contributed by atoms with Crippen molar-refractivity contribution < 1.29 is 28.3 Å². The summed E-state index contributed by atoms with van der Waals surface area (Å²) in [7, 11) is 0. The molecule has 0 N–H and O–H groups in total. The quantitative estimate of drug-likeness (QED) is 0.170. The molecule has 0 atom stereocenters. The summed E-state index contributed by atoms with van der Waals surface area (Å²) in [6, 6.07) is 39.1. The van der Waals surface area contributed by atoms with E-state index >= 15 is 0 Å². The molecule has 5 heteroatoms. The van der Waals surface area contributed by atoms with Crippen LogP contribution < -0.4 is 0 Å². The Hall–Kier alpha value is -3.47. The van der Waals surface area contributed by atoms with Gasteiger partial charge in [0.1, 0.15) is 4.83 Å². The number of aromatic nitrogens is 2. The predicted octanol–water partition coefficient (Wildman–Crippen LogP) is 9.81. The fourth-order valence-corrected chi connectivity index (χ4v) is 6.35. The summed E-state index contributed by atoms with van der Waals surface area (Å²) in [6.07, 6.45) is 1.30. The molecule has 0 saturated heterocycles. The number of thiophene rings is 1. The maximum Gasteiger partial charge on any atom is 0.124 e. The Morgan fingerprint density at radius 2 is 1.46 bits per heavy atom. The van der Waals surface area contributed by atoms with Gasteiger partial charge in [0.15, 0.2) is 0 Å². The van der Waals surface area contributed by atoms with Crippen LogP contribution in [0, 0.1) is 25.8 Å². The zero-order chi connectivity index (χ0) is 30.9. The van der Waals surface area contributed by atoms with E-state index in [0.29, 0.717) is 11.3 Å². The molecule has 7 rings (SSSR count). The van der Waals surface area contributed by atoms with E-state index in [1.54, 1.807) is 34.8 Å². The van der Waals surface area contributed by atoms with Crippen LogP contribution in [0.3, 0.4) is 0 Å². The third-order valence-corrected chi connectivity index (χ3v) is 8.25. The van der Waals surface area contributed by atoms with Gasteiger partial charge in [-0.05, 0) is 24.2 Å². The number of fused-ring (bicyclic) bond motifs is 3. The predicted molar refractivity (Wildman–Crippen MR) is 163 cm³/mol. The minimum atomic E-state index is -2.18. The molecule has 4 aromatic carbocycles. The number of pyridine rings is 1. The number of thiazole rings is 1. The van der Waals surface area contributed by atoms with Crippen LogP contribution in [-0.4, -0.2) is 9.97 Å². The number of hydrogen-bond acceptors (Lipinski definition) is 4. The van der Waals surface area contributed by atoms with Gasteiger partial charge in [0.05, 0.1) is 4.70 Å². The SMILES string of the molecule is [2H]C([2H])([2H])c1c[c-]c(-c2ccc(C([2H])([2H])[2H])cn2)cc1.[Ir].[c-]1cc(-c2ccccc2)ccc1-c1nc2sc3ccccc3c2s1. The smallest absolute Gasteiger partial charge is 0.124 e. The van der Waals surface area contributed by atoms with Gasteiger partial charge in [0, 0.05) is 49.6 Å². The first-order valence-electron chi connectivity index (χ1n) is 14.9. The second-order valence-electron chi connectivity index (χ2n) is 8.53. The number of rotatable bonds is 3. The minimum absolute atomic E-state index is 0. The van der Waals surface area contributed by atoms with Crippen molar-refractivity contribution in [2.24, 2.45) is 0 Å². The van der Waals surface area contributed by atoms with Crippen LogP contribution in [0.25, 0.3) is 52.6 Å². The summed E-state index contributed by atoms with van der Waals surface area (Å²) >= 11 is 3.52. The van der Waals surface area contributed by atoms with Crippen molar-refractivity contribution in [3.63, 3.8) is 0 Å². The molecule has 0 saturated carbocycles. The molecule has 2 nitrogen and oxygen atoms in total. The Morgan fingerprint density at radius 1 is 0.692 bits per heavy atom. The van der Waals surface area contributed by atoms with Crippen molar-refractivity contribution >= 4 is 42.3 Å². The maximum atomic E-state index is 7.28. The summed E-state index contributed by atoms with van der Waals surface area (Å²) < 4.78 is 46.2. The van der Waals surface area contributed by atoms with Crippen LogP contribution in [0.5, 0.6) is 0 Å². The van der Waals surface area contributed by atoms with Crippen molar-refractivity contribution in [1.82, 2.24) is 9.97 Å². The molecular formula is C34H24IrN2S2-2. The Balaban J connectivity index is 0.000000177. The van der Waals surface area contributed by atoms with Gasteiger partial charge in [-0.15, -0.1) is 76.6 Å². The molecule has 0 aliphatic heterocycles. The summed E-state index contributed by atoms with van der Waals surface area (Å²) in [4.78, 5) is 10.0. The number of aryl methyl sites for hydroxylation is 2. The van der Waals surface area contributed by atoms with Gasteiger partial charge in [-0.1, -0.05) is 78.6 Å². The van der Waals surface area contributed by atoms with E-state index in [0.717, 1.165) is 15.4 Å². The normalized spacial score (nSPS) is 13.5. The first kappa shape index (κ1) is 20.4. The van der Waals surface area contributed by atoms with Crippen molar-refractivity contribution in [1.29, 1.82) is 0 Å². The van der Waals surface area contributed by atoms with Crippen LogP contribution in [0.2, 0.25) is 0 Å². The van der Waals surface area contributed by atoms with Gasteiger partial charge in [-0.2, -0.15) is 11.3 Å². The minimum Gasteiger partial charge on any atom is -0.304 e. The fourth-order valence-electron chi connectivity index (χ4n) is 4.01. The monoisotopic (exact) mass is 723 g/mol. The first-order valence-corrected chi connectivity index (χ1v) is 13.5. The number of hydrogen-bond donors (Lipinski definition) is 0. The molecule has 0 unspecified atom stereocenters. The van der Waals surface area contributed by atoms with E-state index in [1.807, 2.05) is 6.07 Å². The Bertz CT molecular complexity index is 1960. The molecule has 0 bridgehead atoms. The second-order valence-corrected chi connectivity index (χ2v) is 10.6. The van der Waals surface area contributed by atoms with E-state index < -0.39 is 13.7 Å². The van der Waals surface area contributed by atoms with Gasteiger partial charge in [-0.25, -0.2) is 0 Å². The molecule has 193 valence electrons. The Kier molecular flexibility index (Phi) is 6.37. The third-order valence-electron chi connectivity index (χ3n) is 5.94. The van der Waals surface area contributed by atoms with Crippen molar-refractivity contribution in [3.05, 3.63) is 133 Å². The van der Waals surface area contributed by atoms with Crippen LogP contribution in [0.4, 0.5) is 0 Å². The van der Waals surface area contributed by atoms with Crippen LogP contribution in [0.15, 0.2) is 109 Å². The van der Waals surface area contributed by atoms with E-state index in [4.69, 9.17) is 13.2 Å². The zero-order valence-corrected chi connectivity index (χ0v) is 24.5. The van der Waals surface area contributed by atoms with Gasteiger partial charge in [0.25, 0.3) is 0 Å². The number of benzene rings is 4. The van der Waals surface area contributed by atoms with E-state index in [-0.39, 0.29) is 31.2 Å². The molecule has 0 amide bonds. The van der Waals surface area contributed by atoms with Gasteiger partial charge in [0.2, 0.25) is 0 Å². The number of nitrogens with zero attached hydrogens (tertiary/aromatic N) is 2. The van der Waals surface area contributed by atoms with Crippen LogP contribution in [-0.2, 0) is 20.1 Å². The fraction of sp³-hybridized carbons (Fsp3) is 0.0588. The van der Waals surface area contributed by atoms with Crippen molar-refractivity contribution in [2.45, 2.75) is 13.7 Å². The maximum absolute atomic E-state index is 7.28. The average molecular weight is 723 g/mol. The van der Waals surface area contributed by atoms with Crippen LogP contribution >= 0.6 is 22.7 Å². The molecule has 0 fully saturated rings. The second kappa shape index (κ2) is 12.1. The molecule has 1 radical (unpaired) electrons. The molecular weight excluding hydrogens is 693 g/mol. The third kappa shape index (κ3) is 6.08. The van der Waals surface area contributed by atoms with Gasteiger partial charge < -0.3 is 4.98 Å². The first-order chi connectivity index (χ1) is 21.1. The molecule has 0 aliphatic carbocycles. The molecule has 39 heavy (non-hydrogen) atoms. The molecule has 7 aromatic rings. The standard InChI is InChI=1S/C21H12NS2.C13H12N.Ir/c1-2-6-14(7-3-1)15-10-12-16(13-11-15)20-22-21-19(24-20)17-8-4-5-9-18(17)23-21;1-10-3-6-12(7-4-10)13-8-5-11(2)9-14-13;/h1-12H;3-6,8-9H,1-2H3;/q2*-1;/i;1D3,2D3;. The van der Waals surface area contributed by atoms with Crippen molar-refractivity contribution in [2.75, 3.05) is 0 Å². The van der Waals surface area contributed by atoms with Crippen molar-refractivity contribution in [3.8, 4) is 33.0 Å². The largest absolute Gasteiger partial charge is 0.304 e. The summed E-state index contributed by atoms with van der Waals surface area (Å²) in [5, 5.41) is 2.35. The zero-order valence-electron chi connectivity index (χ0n) is 26.4. The molecule has 0 aliphatic rings. The average Bonchev–Trinajstić information content (AvgIpc) is 3.60. The van der Waals surface area contributed by atoms with E-state index in [9.17, 15) is 0 Å². The van der Waals surface area contributed by atoms with E-state index in [1.165, 1.54) is 50.3 Å². The molecule has 0 spiro atoms. The Morgan fingerprint density at radius 3 is 2.18 bits per heavy atom. The van der Waals surface area contributed by atoms with Crippen LogP contribution in [0.1, 0.15) is 19.4 Å². The summed E-state index contributed by atoms with van der Waals surface area (Å²) in [5.41, 5.74) is 5.01. The van der Waals surface area contributed by atoms with E-state index in [2.05, 4.69) is 83.8 Å². The molecule has 3 aromatic heterocycles. The topological polar surface area (TPSA) is 25.8 Å². The van der Waals surface area contributed by atoms with Gasteiger partial charge >= 0.3 is 0 Å². The summed E-state index contributed by atoms with van der Waals surface area (Å²) in [5.74, 6) is 0. The summed E-state index contributed by atoms with van der Waals surface area (Å²) in [6.45, 7) is -4.34.